The second kappa shape index (κ2) is 7.72. The summed E-state index contributed by atoms with van der Waals surface area (Å²) < 4.78 is 6.90. The van der Waals surface area contributed by atoms with Gasteiger partial charge in [0.2, 0.25) is 0 Å². The molecule has 0 aromatic rings. The highest BCUT2D eigenvalue weighted by atomic mass is 28.4. The van der Waals surface area contributed by atoms with Crippen molar-refractivity contribution in [2.75, 3.05) is 7.11 Å². The zero-order valence-corrected chi connectivity index (χ0v) is 20.3. The van der Waals surface area contributed by atoms with Crippen LogP contribution < -0.4 is 0 Å². The first-order valence-electron chi connectivity index (χ1n) is 12.1. The summed E-state index contributed by atoms with van der Waals surface area (Å²) in [7, 11) is -0.0275. The lowest BCUT2D eigenvalue weighted by Crippen LogP contribution is -2.57. The molecule has 3 nitrogen and oxygen atoms in total. The summed E-state index contributed by atoms with van der Waals surface area (Å²) in [4.78, 5) is 5.09. The molecule has 0 aromatic carbocycles. The van der Waals surface area contributed by atoms with Gasteiger partial charge in [0.25, 0.3) is 0 Å². The van der Waals surface area contributed by atoms with Gasteiger partial charge < -0.3 is 9.26 Å². The molecule has 162 valence electrons. The van der Waals surface area contributed by atoms with Crippen LogP contribution in [0.3, 0.4) is 0 Å². The van der Waals surface area contributed by atoms with Gasteiger partial charge in [0, 0.05) is 5.41 Å². The fourth-order valence-electron chi connectivity index (χ4n) is 8.35. The van der Waals surface area contributed by atoms with E-state index in [2.05, 4.69) is 37.6 Å². The lowest BCUT2D eigenvalue weighted by Gasteiger charge is -2.58. The standard InChI is InChI=1S/C25H41NO2Si/c1-7-24-15-13-21-20-12-10-19(26-27-3)17-18(20)9-11-22(21)23(24)14-16-25(24,8-2)28-29(4,5)6/h2,18,20-23H,7,9-17H2,1,3-6H3/b26-19+/t18-,20+,21-,22-,23+,24+,25?/m1/s1. The number of hydrogen-bond donors (Lipinski definition) is 0. The Morgan fingerprint density at radius 3 is 2.52 bits per heavy atom. The normalized spacial score (nSPS) is 45.8. The maximum atomic E-state index is 6.90. The van der Waals surface area contributed by atoms with Crippen LogP contribution in [-0.2, 0) is 9.26 Å². The number of nitrogens with zero attached hydrogens (tertiary/aromatic N) is 1. The van der Waals surface area contributed by atoms with E-state index in [4.69, 9.17) is 15.7 Å². The van der Waals surface area contributed by atoms with E-state index in [1.54, 1.807) is 7.11 Å². The highest BCUT2D eigenvalue weighted by Crippen LogP contribution is 2.67. The van der Waals surface area contributed by atoms with Crippen LogP contribution >= 0.6 is 0 Å². The molecule has 4 aliphatic carbocycles. The monoisotopic (exact) mass is 415 g/mol. The van der Waals surface area contributed by atoms with Gasteiger partial charge in [-0.1, -0.05) is 18.0 Å². The highest BCUT2D eigenvalue weighted by molar-refractivity contribution is 6.69. The van der Waals surface area contributed by atoms with Crippen LogP contribution in [0.2, 0.25) is 19.6 Å². The van der Waals surface area contributed by atoms with Crippen molar-refractivity contribution in [2.24, 2.45) is 40.2 Å². The first kappa shape index (κ1) is 21.4. The van der Waals surface area contributed by atoms with Gasteiger partial charge in [0.05, 0.1) is 5.71 Å². The fraction of sp³-hybridized carbons (Fsp3) is 0.880. The SMILES string of the molecule is C#CC1(O[Si](C)(C)C)CC[C@H]2[C@@H]3CC[C@@H]4C/C(=N/OC)CC[C@@H]4[C@H]3CC[C@@]21CC. The number of fused-ring (bicyclic) bond motifs is 5. The third-order valence-corrected chi connectivity index (χ3v) is 10.1. The number of terminal acetylenes is 1. The Morgan fingerprint density at radius 2 is 1.86 bits per heavy atom. The molecule has 0 amide bonds. The lowest BCUT2D eigenvalue weighted by atomic mass is 9.48. The zero-order valence-electron chi connectivity index (χ0n) is 19.3. The molecule has 0 spiro atoms. The lowest BCUT2D eigenvalue weighted by molar-refractivity contribution is -0.106. The molecular formula is C25H41NO2Si. The van der Waals surface area contributed by atoms with Crippen molar-refractivity contribution >= 4 is 14.0 Å². The van der Waals surface area contributed by atoms with Gasteiger partial charge in [-0.05, 0) is 113 Å². The van der Waals surface area contributed by atoms with Crippen LogP contribution in [0.5, 0.6) is 0 Å². The van der Waals surface area contributed by atoms with E-state index in [-0.39, 0.29) is 11.0 Å². The van der Waals surface area contributed by atoms with Crippen molar-refractivity contribution in [2.45, 2.75) is 96.4 Å². The van der Waals surface area contributed by atoms with Gasteiger partial charge >= 0.3 is 0 Å². The van der Waals surface area contributed by atoms with E-state index in [0.717, 1.165) is 42.4 Å². The second-order valence-electron chi connectivity index (χ2n) is 11.3. The van der Waals surface area contributed by atoms with Crippen LogP contribution in [0.1, 0.15) is 71.1 Å². The average molecular weight is 416 g/mol. The number of rotatable bonds is 4. The summed E-state index contributed by atoms with van der Waals surface area (Å²) in [6.07, 6.45) is 18.8. The first-order valence-corrected chi connectivity index (χ1v) is 15.5. The number of hydrogen-bond acceptors (Lipinski definition) is 3. The van der Waals surface area contributed by atoms with E-state index in [9.17, 15) is 0 Å². The topological polar surface area (TPSA) is 30.8 Å². The molecule has 0 saturated heterocycles. The summed E-state index contributed by atoms with van der Waals surface area (Å²) in [5, 5.41) is 4.30. The average Bonchev–Trinajstić information content (AvgIpc) is 3.01. The first-order chi connectivity index (χ1) is 13.8. The Balaban J connectivity index is 1.59. The van der Waals surface area contributed by atoms with Crippen molar-refractivity contribution < 1.29 is 9.26 Å². The van der Waals surface area contributed by atoms with E-state index in [0.29, 0.717) is 0 Å². The smallest absolute Gasteiger partial charge is 0.185 e. The summed E-state index contributed by atoms with van der Waals surface area (Å²) in [5.74, 6) is 7.49. The quantitative estimate of drug-likeness (QED) is 0.308. The van der Waals surface area contributed by atoms with E-state index >= 15 is 0 Å². The number of oxime groups is 1. The Kier molecular flexibility index (Phi) is 5.71. The van der Waals surface area contributed by atoms with Gasteiger partial charge in [0.1, 0.15) is 12.7 Å². The van der Waals surface area contributed by atoms with E-state index in [1.165, 1.54) is 57.1 Å². The molecule has 4 fully saturated rings. The fourth-order valence-corrected chi connectivity index (χ4v) is 9.76. The van der Waals surface area contributed by atoms with Crippen molar-refractivity contribution in [1.29, 1.82) is 0 Å². The molecular weight excluding hydrogens is 374 g/mol. The summed E-state index contributed by atoms with van der Waals surface area (Å²) >= 11 is 0. The Labute approximate surface area is 179 Å². The van der Waals surface area contributed by atoms with E-state index < -0.39 is 8.32 Å². The van der Waals surface area contributed by atoms with Crippen LogP contribution in [0.25, 0.3) is 0 Å². The summed E-state index contributed by atoms with van der Waals surface area (Å²) in [5.41, 5.74) is 1.18. The Morgan fingerprint density at radius 1 is 1.07 bits per heavy atom. The highest BCUT2D eigenvalue weighted by Gasteiger charge is 2.65. The van der Waals surface area contributed by atoms with Gasteiger partial charge in [0.15, 0.2) is 8.32 Å². The molecule has 1 unspecified atom stereocenters. The Bertz CT molecular complexity index is 692. The van der Waals surface area contributed by atoms with Crippen molar-refractivity contribution in [1.82, 2.24) is 0 Å². The second-order valence-corrected chi connectivity index (χ2v) is 15.7. The van der Waals surface area contributed by atoms with Gasteiger partial charge in [-0.2, -0.15) is 0 Å². The summed E-state index contributed by atoms with van der Waals surface area (Å²) in [6.45, 7) is 9.31. The predicted molar refractivity (Wildman–Crippen MR) is 122 cm³/mol. The molecule has 0 aliphatic heterocycles. The summed E-state index contributed by atoms with van der Waals surface area (Å²) in [6, 6.07) is 0. The van der Waals surface area contributed by atoms with Gasteiger partial charge in [-0.25, -0.2) is 0 Å². The molecule has 4 rings (SSSR count). The van der Waals surface area contributed by atoms with Crippen molar-refractivity contribution in [3.63, 3.8) is 0 Å². The van der Waals surface area contributed by atoms with Crippen molar-refractivity contribution in [3.05, 3.63) is 0 Å². The van der Waals surface area contributed by atoms with Gasteiger partial charge in [-0.3, -0.25) is 0 Å². The molecule has 4 heteroatoms. The zero-order chi connectivity index (χ0) is 20.9. The minimum absolute atomic E-state index is 0.202. The molecule has 0 N–H and O–H groups in total. The van der Waals surface area contributed by atoms with Crippen LogP contribution in [-0.4, -0.2) is 26.7 Å². The maximum absolute atomic E-state index is 6.90. The van der Waals surface area contributed by atoms with Crippen LogP contribution in [0.4, 0.5) is 0 Å². The predicted octanol–water partition coefficient (Wildman–Crippen LogP) is 6.26. The largest absolute Gasteiger partial charge is 0.401 e. The van der Waals surface area contributed by atoms with E-state index in [1.807, 2.05) is 0 Å². The minimum Gasteiger partial charge on any atom is -0.401 e. The third-order valence-electron chi connectivity index (χ3n) is 9.17. The minimum atomic E-state index is -1.71. The molecule has 0 radical (unpaired) electrons. The molecule has 4 aliphatic rings. The molecule has 4 saturated carbocycles. The molecule has 0 heterocycles. The maximum Gasteiger partial charge on any atom is 0.185 e. The molecule has 0 aromatic heterocycles. The molecule has 29 heavy (non-hydrogen) atoms. The van der Waals surface area contributed by atoms with Crippen molar-refractivity contribution in [3.8, 4) is 12.3 Å². The third kappa shape index (κ3) is 3.41. The molecule has 0 bridgehead atoms. The Hall–Kier alpha value is -0.793. The van der Waals surface area contributed by atoms with Gasteiger partial charge in [-0.15, -0.1) is 6.42 Å². The van der Waals surface area contributed by atoms with Crippen LogP contribution in [0, 0.1) is 47.3 Å². The molecule has 7 atom stereocenters. The van der Waals surface area contributed by atoms with Crippen LogP contribution in [0.15, 0.2) is 5.16 Å².